The topological polar surface area (TPSA) is 80.8 Å². The van der Waals surface area contributed by atoms with Gasteiger partial charge in [0.05, 0.1) is 22.5 Å². The van der Waals surface area contributed by atoms with Gasteiger partial charge >= 0.3 is 0 Å². The van der Waals surface area contributed by atoms with Gasteiger partial charge in [-0.25, -0.2) is 16.8 Å². The Hall–Kier alpha value is -0.960. The molecule has 2 unspecified atom stereocenters. The van der Waals surface area contributed by atoms with Crippen LogP contribution in [0.15, 0.2) is 29.2 Å². The average Bonchev–Trinajstić information content (AvgIpc) is 3.40. The lowest BCUT2D eigenvalue weighted by Crippen LogP contribution is -2.48. The van der Waals surface area contributed by atoms with Crippen LogP contribution in [0.1, 0.15) is 63.4 Å². The van der Waals surface area contributed by atoms with Crippen molar-refractivity contribution in [1.82, 2.24) is 4.31 Å². The summed E-state index contributed by atoms with van der Waals surface area (Å²) in [5.41, 5.74) is 1.53. The van der Waals surface area contributed by atoms with Crippen molar-refractivity contribution in [3.63, 3.8) is 0 Å². The van der Waals surface area contributed by atoms with Gasteiger partial charge in [-0.1, -0.05) is 12.1 Å². The van der Waals surface area contributed by atoms with E-state index in [0.29, 0.717) is 13.0 Å². The summed E-state index contributed by atoms with van der Waals surface area (Å²) in [6.45, 7) is 0.876. The molecule has 7 rings (SSSR count). The molecule has 0 aromatic heterocycles. The second-order valence-electron chi connectivity index (χ2n) is 11.5. The Kier molecular flexibility index (Phi) is 5.48. The summed E-state index contributed by atoms with van der Waals surface area (Å²) < 4.78 is 59.0. The summed E-state index contributed by atoms with van der Waals surface area (Å²) >= 11 is 0. The third-order valence-electron chi connectivity index (χ3n) is 9.13. The van der Waals surface area contributed by atoms with Gasteiger partial charge in [-0.3, -0.25) is 0 Å². The standard InChI is InChI=1S/C25H35NO5S2/c27-32(28)9-7-22(17-32)26(16-23-2-1-8-31-23)33(29,30)24-5-3-21(4-6-24)25-13-18-10-19(14-25)12-20(11-18)15-25/h3-6,18-20,22-23H,1-2,7-17H2. The van der Waals surface area contributed by atoms with Crippen molar-refractivity contribution < 1.29 is 21.6 Å². The van der Waals surface area contributed by atoms with Crippen LogP contribution < -0.4 is 0 Å². The second-order valence-corrected chi connectivity index (χ2v) is 15.6. The van der Waals surface area contributed by atoms with Crippen LogP contribution in [0.2, 0.25) is 0 Å². The van der Waals surface area contributed by atoms with Crippen LogP contribution in [0.4, 0.5) is 0 Å². The molecule has 0 radical (unpaired) electrons. The Balaban J connectivity index is 1.28. The van der Waals surface area contributed by atoms with Crippen molar-refractivity contribution in [2.24, 2.45) is 17.8 Å². The number of benzene rings is 1. The molecule has 4 aliphatic carbocycles. The Morgan fingerprint density at radius 3 is 2.12 bits per heavy atom. The maximum Gasteiger partial charge on any atom is 0.243 e. The van der Waals surface area contributed by atoms with Gasteiger partial charge < -0.3 is 4.74 Å². The van der Waals surface area contributed by atoms with E-state index in [0.717, 1.165) is 30.6 Å². The minimum Gasteiger partial charge on any atom is -0.377 e. The zero-order chi connectivity index (χ0) is 22.8. The summed E-state index contributed by atoms with van der Waals surface area (Å²) in [4.78, 5) is 0.276. The Labute approximate surface area is 198 Å². The van der Waals surface area contributed by atoms with Crippen LogP contribution in [-0.4, -0.2) is 57.9 Å². The molecule has 182 valence electrons. The molecular weight excluding hydrogens is 458 g/mol. The van der Waals surface area contributed by atoms with Crippen molar-refractivity contribution in [1.29, 1.82) is 0 Å². The number of hydrogen-bond acceptors (Lipinski definition) is 5. The molecule has 6 fully saturated rings. The first-order valence-corrected chi connectivity index (χ1v) is 15.9. The fourth-order valence-electron chi connectivity index (χ4n) is 8.02. The first-order valence-electron chi connectivity index (χ1n) is 12.7. The van der Waals surface area contributed by atoms with Crippen molar-refractivity contribution >= 4 is 19.9 Å². The number of hydrogen-bond donors (Lipinski definition) is 0. The SMILES string of the molecule is O=S1(=O)CCC(N(CC2CCCO2)S(=O)(=O)c2ccc(C34CC5CC(CC(C5)C3)C4)cc2)C1. The fraction of sp³-hybridized carbons (Fsp3) is 0.760. The molecule has 2 heterocycles. The third kappa shape index (κ3) is 4.09. The maximum atomic E-state index is 13.8. The molecule has 6 aliphatic rings. The van der Waals surface area contributed by atoms with Crippen molar-refractivity contribution in [3.8, 4) is 0 Å². The highest BCUT2D eigenvalue weighted by Gasteiger charge is 2.51. The molecule has 0 N–H and O–H groups in total. The van der Waals surface area contributed by atoms with Crippen LogP contribution >= 0.6 is 0 Å². The van der Waals surface area contributed by atoms with Crippen LogP contribution in [0.5, 0.6) is 0 Å². The molecular formula is C25H35NO5S2. The highest BCUT2D eigenvalue weighted by molar-refractivity contribution is 7.92. The highest BCUT2D eigenvalue weighted by Crippen LogP contribution is 2.60. The van der Waals surface area contributed by atoms with Crippen molar-refractivity contribution in [2.75, 3.05) is 24.7 Å². The number of ether oxygens (including phenoxy) is 1. The van der Waals surface area contributed by atoms with Crippen LogP contribution in [0.25, 0.3) is 0 Å². The molecule has 6 nitrogen and oxygen atoms in total. The molecule has 2 saturated heterocycles. The predicted octanol–water partition coefficient (Wildman–Crippen LogP) is 3.51. The number of sulfonamides is 1. The number of rotatable bonds is 6. The number of nitrogens with zero attached hydrogens (tertiary/aromatic N) is 1. The maximum absolute atomic E-state index is 13.8. The predicted molar refractivity (Wildman–Crippen MR) is 126 cm³/mol. The highest BCUT2D eigenvalue weighted by atomic mass is 32.2. The summed E-state index contributed by atoms with van der Waals surface area (Å²) in [5.74, 6) is 2.48. The molecule has 2 aliphatic heterocycles. The molecule has 0 amide bonds. The van der Waals surface area contributed by atoms with Gasteiger partial charge in [0.2, 0.25) is 10.0 Å². The van der Waals surface area contributed by atoms with Gasteiger partial charge in [0.15, 0.2) is 9.84 Å². The molecule has 1 aromatic rings. The Morgan fingerprint density at radius 2 is 1.61 bits per heavy atom. The van der Waals surface area contributed by atoms with E-state index >= 15 is 0 Å². The average molecular weight is 494 g/mol. The quantitative estimate of drug-likeness (QED) is 0.606. The lowest BCUT2D eigenvalue weighted by Gasteiger charge is -2.57. The van der Waals surface area contributed by atoms with E-state index in [2.05, 4.69) is 12.1 Å². The Bertz CT molecular complexity index is 1070. The fourth-order valence-corrected chi connectivity index (χ4v) is 11.5. The smallest absolute Gasteiger partial charge is 0.243 e. The first-order chi connectivity index (χ1) is 15.7. The monoisotopic (exact) mass is 493 g/mol. The normalized spacial score (nSPS) is 39.5. The Morgan fingerprint density at radius 1 is 0.970 bits per heavy atom. The van der Waals surface area contributed by atoms with E-state index in [-0.39, 0.29) is 34.5 Å². The van der Waals surface area contributed by atoms with E-state index in [9.17, 15) is 16.8 Å². The summed E-state index contributed by atoms with van der Waals surface area (Å²) in [5, 5.41) is 0. The lowest BCUT2D eigenvalue weighted by molar-refractivity contribution is -0.00521. The number of sulfone groups is 1. The third-order valence-corrected chi connectivity index (χ3v) is 12.8. The largest absolute Gasteiger partial charge is 0.377 e. The lowest BCUT2D eigenvalue weighted by atomic mass is 9.48. The van der Waals surface area contributed by atoms with E-state index < -0.39 is 25.9 Å². The van der Waals surface area contributed by atoms with Gasteiger partial charge in [-0.15, -0.1) is 0 Å². The zero-order valence-corrected chi connectivity index (χ0v) is 20.8. The van der Waals surface area contributed by atoms with Crippen molar-refractivity contribution in [2.45, 2.75) is 80.2 Å². The summed E-state index contributed by atoms with van der Waals surface area (Å²) in [7, 11) is -7.00. The van der Waals surface area contributed by atoms with E-state index in [1.54, 1.807) is 12.1 Å². The van der Waals surface area contributed by atoms with Crippen LogP contribution in [-0.2, 0) is 30.0 Å². The molecule has 2 atom stereocenters. The zero-order valence-electron chi connectivity index (χ0n) is 19.2. The second kappa shape index (κ2) is 8.04. The molecule has 4 saturated carbocycles. The van der Waals surface area contributed by atoms with Crippen molar-refractivity contribution in [3.05, 3.63) is 29.8 Å². The van der Waals surface area contributed by atoms with Crippen LogP contribution in [0, 0.1) is 17.8 Å². The van der Waals surface area contributed by atoms with Crippen LogP contribution in [0.3, 0.4) is 0 Å². The molecule has 1 aromatic carbocycles. The van der Waals surface area contributed by atoms with Gasteiger partial charge in [0.1, 0.15) is 0 Å². The van der Waals surface area contributed by atoms with E-state index in [1.165, 1.54) is 48.4 Å². The molecule has 8 heteroatoms. The van der Waals surface area contributed by atoms with E-state index in [4.69, 9.17) is 4.74 Å². The molecule has 4 bridgehead atoms. The van der Waals surface area contributed by atoms with Gasteiger partial charge in [-0.2, -0.15) is 4.31 Å². The summed E-state index contributed by atoms with van der Waals surface area (Å²) in [6, 6.07) is 7.14. The minimum atomic E-state index is -3.81. The molecule has 33 heavy (non-hydrogen) atoms. The van der Waals surface area contributed by atoms with Gasteiger partial charge in [0, 0.05) is 19.2 Å². The van der Waals surface area contributed by atoms with Gasteiger partial charge in [0.25, 0.3) is 0 Å². The summed E-state index contributed by atoms with van der Waals surface area (Å²) in [6.07, 6.45) is 9.82. The first kappa shape index (κ1) is 22.5. The van der Waals surface area contributed by atoms with E-state index in [1.807, 2.05) is 0 Å². The minimum absolute atomic E-state index is 0.0557. The molecule has 0 spiro atoms. The van der Waals surface area contributed by atoms with Gasteiger partial charge in [-0.05, 0) is 98.7 Å².